The number of rotatable bonds is 5. The molecule has 0 saturated carbocycles. The molecule has 3 aromatic rings. The number of fused-ring (bicyclic) bond motifs is 1. The Bertz CT molecular complexity index is 1050. The van der Waals surface area contributed by atoms with E-state index < -0.39 is 0 Å². The number of nitrogens with zero attached hydrogens (tertiary/aromatic N) is 2. The fraction of sp³-hybridized carbons (Fsp3) is 0.190. The number of hydrogen-bond acceptors (Lipinski definition) is 5. The van der Waals surface area contributed by atoms with Gasteiger partial charge in [0, 0.05) is 16.7 Å². The highest BCUT2D eigenvalue weighted by molar-refractivity contribution is 6.32. The zero-order valence-electron chi connectivity index (χ0n) is 14.9. The summed E-state index contributed by atoms with van der Waals surface area (Å²) in [5, 5.41) is 4.61. The van der Waals surface area contributed by atoms with Crippen molar-refractivity contribution in [3.05, 3.63) is 58.6 Å². The van der Waals surface area contributed by atoms with Gasteiger partial charge in [-0.25, -0.2) is 0 Å². The zero-order valence-corrected chi connectivity index (χ0v) is 15.7. The first-order valence-electron chi connectivity index (χ1n) is 8.65. The third-order valence-electron chi connectivity index (χ3n) is 4.35. The fourth-order valence-electron chi connectivity index (χ4n) is 3.15. The highest BCUT2D eigenvalue weighted by Gasteiger charge is 2.21. The minimum absolute atomic E-state index is 0.0356. The summed E-state index contributed by atoms with van der Waals surface area (Å²) in [6.07, 6.45) is 3.50. The molecule has 136 valence electrons. The van der Waals surface area contributed by atoms with Gasteiger partial charge in [-0.1, -0.05) is 41.0 Å². The van der Waals surface area contributed by atoms with Crippen molar-refractivity contribution < 1.29 is 14.1 Å². The SMILES string of the molecule is CC(C)Oc1ccc(-c2nc(-c3cccc4c3CC=C4C=O)no2)cc1Cl. The second kappa shape index (κ2) is 7.00. The van der Waals surface area contributed by atoms with Crippen molar-refractivity contribution in [2.75, 3.05) is 0 Å². The van der Waals surface area contributed by atoms with Gasteiger partial charge in [-0.05, 0) is 49.6 Å². The largest absolute Gasteiger partial charge is 0.489 e. The lowest BCUT2D eigenvalue weighted by molar-refractivity contribution is -0.103. The first kappa shape index (κ1) is 17.5. The standard InChI is InChI=1S/C21H17ClN2O3/c1-12(2)26-19-9-7-13(10-18(19)22)21-23-20(24-27-21)17-5-3-4-15-14(11-25)6-8-16(15)17/h3-7,9-12H,8H2,1-2H3. The van der Waals surface area contributed by atoms with E-state index in [4.69, 9.17) is 20.9 Å². The van der Waals surface area contributed by atoms with Crippen LogP contribution in [0.15, 0.2) is 47.0 Å². The quantitative estimate of drug-likeness (QED) is 0.584. The fourth-order valence-corrected chi connectivity index (χ4v) is 3.38. The van der Waals surface area contributed by atoms with E-state index in [0.717, 1.165) is 23.0 Å². The molecule has 0 amide bonds. The Labute approximate surface area is 161 Å². The summed E-state index contributed by atoms with van der Waals surface area (Å²) in [6.45, 7) is 3.88. The lowest BCUT2D eigenvalue weighted by atomic mass is 10.00. The Balaban J connectivity index is 1.67. The van der Waals surface area contributed by atoms with Crippen molar-refractivity contribution in [2.24, 2.45) is 0 Å². The summed E-state index contributed by atoms with van der Waals surface area (Å²) in [4.78, 5) is 15.7. The molecule has 0 spiro atoms. The summed E-state index contributed by atoms with van der Waals surface area (Å²) < 4.78 is 11.1. The van der Waals surface area contributed by atoms with Crippen molar-refractivity contribution in [3.63, 3.8) is 0 Å². The van der Waals surface area contributed by atoms with Crippen LogP contribution in [0.2, 0.25) is 5.02 Å². The van der Waals surface area contributed by atoms with E-state index in [1.165, 1.54) is 0 Å². The first-order chi connectivity index (χ1) is 13.1. The van der Waals surface area contributed by atoms with Gasteiger partial charge in [-0.3, -0.25) is 4.79 Å². The second-order valence-corrected chi connectivity index (χ2v) is 6.96. The van der Waals surface area contributed by atoms with Gasteiger partial charge in [0.2, 0.25) is 5.82 Å². The number of ether oxygens (including phenoxy) is 1. The Kier molecular flexibility index (Phi) is 4.54. The molecule has 1 heterocycles. The molecule has 1 aliphatic carbocycles. The highest BCUT2D eigenvalue weighted by Crippen LogP contribution is 2.35. The normalized spacial score (nSPS) is 12.8. The molecule has 0 unspecified atom stereocenters. The van der Waals surface area contributed by atoms with Crippen LogP contribution >= 0.6 is 11.6 Å². The van der Waals surface area contributed by atoms with E-state index in [-0.39, 0.29) is 6.10 Å². The summed E-state index contributed by atoms with van der Waals surface area (Å²) in [5.41, 5.74) is 4.23. The number of aromatic nitrogens is 2. The molecular weight excluding hydrogens is 364 g/mol. The monoisotopic (exact) mass is 380 g/mol. The van der Waals surface area contributed by atoms with Crippen LogP contribution in [0.1, 0.15) is 25.0 Å². The molecule has 1 aromatic heterocycles. The third kappa shape index (κ3) is 3.26. The Morgan fingerprint density at radius 2 is 2.04 bits per heavy atom. The van der Waals surface area contributed by atoms with Gasteiger partial charge in [0.1, 0.15) is 12.0 Å². The van der Waals surface area contributed by atoms with E-state index in [1.807, 2.05) is 44.2 Å². The maximum Gasteiger partial charge on any atom is 0.258 e. The minimum atomic E-state index is 0.0356. The van der Waals surface area contributed by atoms with E-state index in [0.29, 0.717) is 40.0 Å². The van der Waals surface area contributed by atoms with Gasteiger partial charge in [-0.2, -0.15) is 4.98 Å². The predicted molar refractivity (Wildman–Crippen MR) is 104 cm³/mol. The van der Waals surface area contributed by atoms with E-state index in [1.54, 1.807) is 12.1 Å². The molecular formula is C21H17ClN2O3. The number of halogens is 1. The average Bonchev–Trinajstić information content (AvgIpc) is 3.29. The second-order valence-electron chi connectivity index (χ2n) is 6.55. The number of allylic oxidation sites excluding steroid dienone is 2. The Hall–Kier alpha value is -2.92. The summed E-state index contributed by atoms with van der Waals surface area (Å²) in [5.74, 6) is 1.48. The van der Waals surface area contributed by atoms with E-state index >= 15 is 0 Å². The molecule has 27 heavy (non-hydrogen) atoms. The Morgan fingerprint density at radius 3 is 2.78 bits per heavy atom. The average molecular weight is 381 g/mol. The molecule has 0 aliphatic heterocycles. The van der Waals surface area contributed by atoms with Gasteiger partial charge < -0.3 is 9.26 Å². The lowest BCUT2D eigenvalue weighted by Gasteiger charge is -2.11. The van der Waals surface area contributed by atoms with Gasteiger partial charge in [0.05, 0.1) is 11.1 Å². The molecule has 2 aromatic carbocycles. The van der Waals surface area contributed by atoms with Gasteiger partial charge in [0.25, 0.3) is 5.89 Å². The summed E-state index contributed by atoms with van der Waals surface area (Å²) >= 11 is 6.30. The Morgan fingerprint density at radius 1 is 1.22 bits per heavy atom. The van der Waals surface area contributed by atoms with Crippen LogP contribution in [0.4, 0.5) is 0 Å². The van der Waals surface area contributed by atoms with Gasteiger partial charge in [0.15, 0.2) is 0 Å². The van der Waals surface area contributed by atoms with Crippen LogP contribution in [-0.4, -0.2) is 22.5 Å². The van der Waals surface area contributed by atoms with Gasteiger partial charge in [-0.15, -0.1) is 0 Å². The van der Waals surface area contributed by atoms with Crippen molar-refractivity contribution in [2.45, 2.75) is 26.4 Å². The van der Waals surface area contributed by atoms with Crippen LogP contribution < -0.4 is 4.74 Å². The molecule has 5 nitrogen and oxygen atoms in total. The van der Waals surface area contributed by atoms with Crippen molar-refractivity contribution in [3.8, 4) is 28.6 Å². The molecule has 1 aliphatic rings. The van der Waals surface area contributed by atoms with E-state index in [9.17, 15) is 4.79 Å². The van der Waals surface area contributed by atoms with Crippen LogP contribution in [-0.2, 0) is 11.2 Å². The number of carbonyl (C=O) groups excluding carboxylic acids is 1. The molecule has 0 radical (unpaired) electrons. The number of benzene rings is 2. The topological polar surface area (TPSA) is 65.2 Å². The smallest absolute Gasteiger partial charge is 0.258 e. The van der Waals surface area contributed by atoms with Crippen LogP contribution in [0, 0.1) is 0 Å². The lowest BCUT2D eigenvalue weighted by Crippen LogP contribution is -2.05. The third-order valence-corrected chi connectivity index (χ3v) is 4.64. The molecule has 0 fully saturated rings. The molecule has 4 rings (SSSR count). The minimum Gasteiger partial charge on any atom is -0.489 e. The molecule has 0 N–H and O–H groups in total. The zero-order chi connectivity index (χ0) is 19.0. The van der Waals surface area contributed by atoms with Crippen molar-refractivity contribution >= 4 is 23.5 Å². The van der Waals surface area contributed by atoms with E-state index in [2.05, 4.69) is 10.1 Å². The molecule has 0 bridgehead atoms. The number of aldehydes is 1. The highest BCUT2D eigenvalue weighted by atomic mass is 35.5. The van der Waals surface area contributed by atoms with Crippen LogP contribution in [0.3, 0.4) is 0 Å². The van der Waals surface area contributed by atoms with Crippen LogP contribution in [0.5, 0.6) is 5.75 Å². The first-order valence-corrected chi connectivity index (χ1v) is 9.03. The molecule has 0 saturated heterocycles. The predicted octanol–water partition coefficient (Wildman–Crippen LogP) is 4.98. The van der Waals surface area contributed by atoms with Crippen molar-refractivity contribution in [1.29, 1.82) is 0 Å². The summed E-state index contributed by atoms with van der Waals surface area (Å²) in [6, 6.07) is 11.1. The molecule has 6 heteroatoms. The van der Waals surface area contributed by atoms with Gasteiger partial charge >= 0.3 is 0 Å². The molecule has 0 atom stereocenters. The van der Waals surface area contributed by atoms with Crippen LogP contribution in [0.25, 0.3) is 28.4 Å². The summed E-state index contributed by atoms with van der Waals surface area (Å²) in [7, 11) is 0. The maximum atomic E-state index is 11.2. The van der Waals surface area contributed by atoms with Crippen molar-refractivity contribution in [1.82, 2.24) is 10.1 Å². The number of hydrogen-bond donors (Lipinski definition) is 0. The maximum absolute atomic E-state index is 11.2. The number of carbonyl (C=O) groups is 1.